The zero-order valence-electron chi connectivity index (χ0n) is 10.3. The van der Waals surface area contributed by atoms with Gasteiger partial charge < -0.3 is 5.32 Å². The fourth-order valence-electron chi connectivity index (χ4n) is 1.69. The predicted octanol–water partition coefficient (Wildman–Crippen LogP) is 1.92. The molecule has 0 saturated carbocycles. The minimum absolute atomic E-state index is 0.0829. The maximum absolute atomic E-state index is 11.9. The van der Waals surface area contributed by atoms with Crippen LogP contribution in [-0.2, 0) is 6.42 Å². The van der Waals surface area contributed by atoms with E-state index >= 15 is 0 Å². The molecule has 102 valence electrons. The topological polar surface area (TPSA) is 72.2 Å². The van der Waals surface area contributed by atoms with Crippen molar-refractivity contribution < 1.29 is 4.79 Å². The SMILES string of the molecule is O=C(NCCc1nn2cnnc2s1)c1ccc(Br)cc1. The number of aromatic nitrogens is 4. The van der Waals surface area contributed by atoms with Gasteiger partial charge in [0.2, 0.25) is 4.96 Å². The summed E-state index contributed by atoms with van der Waals surface area (Å²) in [4.78, 5) is 12.7. The van der Waals surface area contributed by atoms with Crippen molar-refractivity contribution in [3.8, 4) is 0 Å². The maximum Gasteiger partial charge on any atom is 0.251 e. The van der Waals surface area contributed by atoms with Crippen LogP contribution in [0.3, 0.4) is 0 Å². The molecule has 1 amide bonds. The molecule has 0 fully saturated rings. The Labute approximate surface area is 127 Å². The second-order valence-corrected chi connectivity index (χ2v) is 6.02. The molecule has 2 heterocycles. The number of nitrogens with zero attached hydrogens (tertiary/aromatic N) is 4. The van der Waals surface area contributed by atoms with Gasteiger partial charge in [-0.25, -0.2) is 0 Å². The van der Waals surface area contributed by atoms with Crippen molar-refractivity contribution in [2.45, 2.75) is 6.42 Å². The number of amides is 1. The number of fused-ring (bicyclic) bond motifs is 1. The summed E-state index contributed by atoms with van der Waals surface area (Å²) in [5, 5.41) is 15.8. The Morgan fingerprint density at radius 1 is 1.35 bits per heavy atom. The maximum atomic E-state index is 11.9. The third-order valence-corrected chi connectivity index (χ3v) is 4.16. The second kappa shape index (κ2) is 5.68. The summed E-state index contributed by atoms with van der Waals surface area (Å²) in [6.45, 7) is 0.541. The smallest absolute Gasteiger partial charge is 0.251 e. The molecule has 0 aliphatic carbocycles. The highest BCUT2D eigenvalue weighted by molar-refractivity contribution is 9.10. The zero-order chi connectivity index (χ0) is 13.9. The number of hydrogen-bond acceptors (Lipinski definition) is 5. The molecule has 0 radical (unpaired) electrons. The van der Waals surface area contributed by atoms with Crippen molar-refractivity contribution in [1.82, 2.24) is 25.1 Å². The molecule has 0 saturated heterocycles. The number of carbonyl (C=O) groups is 1. The van der Waals surface area contributed by atoms with Crippen LogP contribution in [0.4, 0.5) is 0 Å². The Morgan fingerprint density at radius 3 is 2.90 bits per heavy atom. The van der Waals surface area contributed by atoms with E-state index in [1.54, 1.807) is 23.0 Å². The first kappa shape index (κ1) is 13.2. The molecule has 1 aromatic carbocycles. The lowest BCUT2D eigenvalue weighted by Crippen LogP contribution is -2.25. The van der Waals surface area contributed by atoms with E-state index < -0.39 is 0 Å². The summed E-state index contributed by atoms with van der Waals surface area (Å²) in [6.07, 6.45) is 2.24. The van der Waals surface area contributed by atoms with E-state index in [0.29, 0.717) is 18.5 Å². The molecule has 0 aliphatic heterocycles. The van der Waals surface area contributed by atoms with Gasteiger partial charge in [-0.3, -0.25) is 4.79 Å². The molecule has 0 aliphatic rings. The Bertz CT molecular complexity index is 707. The fourth-order valence-corrected chi connectivity index (χ4v) is 2.77. The van der Waals surface area contributed by atoms with E-state index in [9.17, 15) is 4.79 Å². The van der Waals surface area contributed by atoms with Crippen molar-refractivity contribution in [2.75, 3.05) is 6.54 Å². The monoisotopic (exact) mass is 351 g/mol. The minimum Gasteiger partial charge on any atom is -0.352 e. The lowest BCUT2D eigenvalue weighted by molar-refractivity contribution is 0.0954. The Morgan fingerprint density at radius 2 is 2.15 bits per heavy atom. The van der Waals surface area contributed by atoms with E-state index in [4.69, 9.17) is 0 Å². The molecule has 3 aromatic rings. The molecule has 0 spiro atoms. The molecule has 1 N–H and O–H groups in total. The Hall–Kier alpha value is -1.80. The standard InChI is InChI=1S/C12H10BrN5OS/c13-9-3-1-8(2-4-9)11(19)14-6-5-10-17-18-7-15-16-12(18)20-10/h1-4,7H,5-6H2,(H,14,19). The van der Waals surface area contributed by atoms with Gasteiger partial charge in [0, 0.05) is 23.0 Å². The summed E-state index contributed by atoms with van der Waals surface area (Å²) in [5.41, 5.74) is 0.645. The number of rotatable bonds is 4. The van der Waals surface area contributed by atoms with Gasteiger partial charge in [0.1, 0.15) is 11.3 Å². The van der Waals surface area contributed by atoms with Crippen molar-refractivity contribution >= 4 is 38.1 Å². The van der Waals surface area contributed by atoms with Crippen LogP contribution >= 0.6 is 27.3 Å². The highest BCUT2D eigenvalue weighted by Crippen LogP contribution is 2.12. The van der Waals surface area contributed by atoms with Crippen molar-refractivity contribution in [3.05, 3.63) is 45.6 Å². The van der Waals surface area contributed by atoms with Crippen molar-refractivity contribution in [1.29, 1.82) is 0 Å². The van der Waals surface area contributed by atoms with E-state index in [1.165, 1.54) is 11.3 Å². The van der Waals surface area contributed by atoms with Gasteiger partial charge in [0.25, 0.3) is 5.91 Å². The van der Waals surface area contributed by atoms with E-state index in [-0.39, 0.29) is 5.91 Å². The average Bonchev–Trinajstić information content (AvgIpc) is 3.00. The lowest BCUT2D eigenvalue weighted by atomic mass is 10.2. The first-order valence-corrected chi connectivity index (χ1v) is 7.53. The average molecular weight is 352 g/mol. The molecule has 2 aromatic heterocycles. The van der Waals surface area contributed by atoms with Crippen LogP contribution in [0.1, 0.15) is 15.4 Å². The van der Waals surface area contributed by atoms with Crippen molar-refractivity contribution in [2.24, 2.45) is 0 Å². The summed E-state index contributed by atoms with van der Waals surface area (Å²) in [7, 11) is 0. The Kier molecular flexibility index (Phi) is 3.75. The summed E-state index contributed by atoms with van der Waals surface area (Å²) in [5.74, 6) is -0.0829. The third kappa shape index (κ3) is 2.86. The summed E-state index contributed by atoms with van der Waals surface area (Å²) >= 11 is 4.81. The summed E-state index contributed by atoms with van der Waals surface area (Å²) in [6, 6.07) is 7.25. The van der Waals surface area contributed by atoms with Crippen LogP contribution in [0.25, 0.3) is 4.96 Å². The van der Waals surface area contributed by atoms with Gasteiger partial charge >= 0.3 is 0 Å². The van der Waals surface area contributed by atoms with Gasteiger partial charge in [-0.1, -0.05) is 27.3 Å². The van der Waals surface area contributed by atoms with E-state index in [1.807, 2.05) is 12.1 Å². The molecule has 0 atom stereocenters. The lowest BCUT2D eigenvalue weighted by Gasteiger charge is -2.03. The van der Waals surface area contributed by atoms with Gasteiger partial charge in [-0.05, 0) is 24.3 Å². The van der Waals surface area contributed by atoms with Gasteiger partial charge in [-0.15, -0.1) is 10.2 Å². The first-order valence-electron chi connectivity index (χ1n) is 5.92. The van der Waals surface area contributed by atoms with Gasteiger partial charge in [-0.2, -0.15) is 9.61 Å². The quantitative estimate of drug-likeness (QED) is 0.779. The van der Waals surface area contributed by atoms with E-state index in [2.05, 4.69) is 36.5 Å². The van der Waals surface area contributed by atoms with Gasteiger partial charge in [0.15, 0.2) is 0 Å². The van der Waals surface area contributed by atoms with Crippen LogP contribution in [0.15, 0.2) is 35.1 Å². The largest absolute Gasteiger partial charge is 0.352 e. The number of benzene rings is 1. The number of hydrogen-bond donors (Lipinski definition) is 1. The molecule has 20 heavy (non-hydrogen) atoms. The van der Waals surface area contributed by atoms with Crippen LogP contribution in [-0.4, -0.2) is 32.3 Å². The van der Waals surface area contributed by atoms with Crippen LogP contribution in [0.5, 0.6) is 0 Å². The molecular weight excluding hydrogens is 342 g/mol. The Balaban J connectivity index is 1.55. The molecular formula is C12H10BrN5OS. The second-order valence-electron chi connectivity index (χ2n) is 4.07. The highest BCUT2D eigenvalue weighted by Gasteiger charge is 2.07. The molecule has 8 heteroatoms. The normalized spacial score (nSPS) is 10.8. The van der Waals surface area contributed by atoms with E-state index in [0.717, 1.165) is 14.4 Å². The van der Waals surface area contributed by atoms with Crippen LogP contribution < -0.4 is 5.32 Å². The molecule has 6 nitrogen and oxygen atoms in total. The molecule has 3 rings (SSSR count). The highest BCUT2D eigenvalue weighted by atomic mass is 79.9. The van der Waals surface area contributed by atoms with Crippen molar-refractivity contribution in [3.63, 3.8) is 0 Å². The zero-order valence-corrected chi connectivity index (χ0v) is 12.7. The fraction of sp³-hybridized carbons (Fsp3) is 0.167. The number of nitrogens with one attached hydrogen (secondary N) is 1. The minimum atomic E-state index is -0.0829. The number of halogens is 1. The number of carbonyl (C=O) groups excluding carboxylic acids is 1. The summed E-state index contributed by atoms with van der Waals surface area (Å²) < 4.78 is 2.59. The predicted molar refractivity (Wildman–Crippen MR) is 78.8 cm³/mol. The van der Waals surface area contributed by atoms with Crippen LogP contribution in [0.2, 0.25) is 0 Å². The first-order chi connectivity index (χ1) is 9.72. The molecule has 0 unspecified atom stereocenters. The van der Waals surface area contributed by atoms with Gasteiger partial charge in [0.05, 0.1) is 0 Å². The third-order valence-electron chi connectivity index (χ3n) is 2.66. The van der Waals surface area contributed by atoms with Crippen LogP contribution in [0, 0.1) is 0 Å². The molecule has 0 bridgehead atoms.